The first kappa shape index (κ1) is 47.5. The van der Waals surface area contributed by atoms with Crippen LogP contribution in [-0.2, 0) is 20.0 Å². The Morgan fingerprint density at radius 2 is 1.18 bits per heavy atom. The van der Waals surface area contributed by atoms with Gasteiger partial charge in [0.2, 0.25) is 32.0 Å². The largest absolute Gasteiger partial charge is 0.495 e. The van der Waals surface area contributed by atoms with Crippen molar-refractivity contribution in [3.63, 3.8) is 0 Å². The van der Waals surface area contributed by atoms with Gasteiger partial charge < -0.3 is 36.3 Å². The van der Waals surface area contributed by atoms with E-state index in [0.717, 1.165) is 8.61 Å². The molecular weight excluding hydrogens is 852 g/mol. The van der Waals surface area contributed by atoms with Crippen LogP contribution in [0.4, 0.5) is 11.4 Å². The molecule has 6 rings (SSSR count). The summed E-state index contributed by atoms with van der Waals surface area (Å²) in [5.41, 5.74) is 13.4. The third-order valence-corrected chi connectivity index (χ3v) is 13.3. The molecular formula is C39H49ClN10O9S2. The van der Waals surface area contributed by atoms with E-state index in [9.17, 15) is 26.4 Å². The second-order valence-electron chi connectivity index (χ2n) is 13.3. The number of hydrogen-bond acceptors (Lipinski definition) is 13. The summed E-state index contributed by atoms with van der Waals surface area (Å²) >= 11 is 5.78. The number of aromatic nitrogens is 2. The number of rotatable bonds is 11. The number of guanidine groups is 2. The quantitative estimate of drug-likeness (QED) is 0.0900. The molecule has 2 unspecified atom stereocenters. The summed E-state index contributed by atoms with van der Waals surface area (Å²) in [7, 11) is -3.53. The van der Waals surface area contributed by atoms with Crippen LogP contribution in [-0.4, -0.2) is 105 Å². The Balaban J connectivity index is 0.000000258. The maximum atomic E-state index is 12.5. The van der Waals surface area contributed by atoms with Crippen LogP contribution < -0.4 is 36.3 Å². The molecule has 2 atom stereocenters. The third kappa shape index (κ3) is 12.4. The molecule has 0 spiro atoms. The van der Waals surface area contributed by atoms with Gasteiger partial charge in [0.25, 0.3) is 11.8 Å². The second kappa shape index (κ2) is 20.9. The number of fused-ring (bicyclic) bond motifs is 2. The summed E-state index contributed by atoms with van der Waals surface area (Å²) in [5.74, 6) is -1.44. The summed E-state index contributed by atoms with van der Waals surface area (Å²) in [6.45, 7) is 4.75. The van der Waals surface area contributed by atoms with Gasteiger partial charge in [-0.1, -0.05) is 25.4 Å². The van der Waals surface area contributed by atoms with Crippen LogP contribution in [0.25, 0.3) is 0 Å². The fourth-order valence-corrected chi connectivity index (χ4v) is 8.87. The Bertz CT molecular complexity index is 2440. The zero-order valence-electron chi connectivity index (χ0n) is 34.1. The van der Waals surface area contributed by atoms with Crippen LogP contribution in [0.2, 0.25) is 5.02 Å². The zero-order chi connectivity index (χ0) is 45.1. The molecule has 4 heterocycles. The average molecular weight is 901 g/mol. The summed E-state index contributed by atoms with van der Waals surface area (Å²) in [6, 6.07) is 16.4. The number of carbonyl (C=O) groups excluding carboxylic acids is 2. The van der Waals surface area contributed by atoms with E-state index in [1.165, 1.54) is 39.7 Å². The van der Waals surface area contributed by atoms with Gasteiger partial charge in [-0.25, -0.2) is 35.4 Å². The minimum absolute atomic E-state index is 0.200. The molecule has 2 aromatic carbocycles. The van der Waals surface area contributed by atoms with Crippen molar-refractivity contribution in [3.05, 3.63) is 101 Å². The fraction of sp³-hybridized carbons (Fsp3) is 0.333. The first-order chi connectivity index (χ1) is 28.9. The Kier molecular flexibility index (Phi) is 16.2. The summed E-state index contributed by atoms with van der Waals surface area (Å²) in [4.78, 5) is 32.9. The number of ether oxygens (including phenoxy) is 3. The number of anilines is 2. The Morgan fingerprint density at radius 3 is 1.54 bits per heavy atom. The van der Waals surface area contributed by atoms with E-state index in [-0.39, 0.29) is 34.7 Å². The summed E-state index contributed by atoms with van der Waals surface area (Å²) in [5, 5.41) is 20.7. The molecule has 328 valence electrons. The highest BCUT2D eigenvalue weighted by Crippen LogP contribution is 2.38. The molecule has 8 N–H and O–H groups in total. The minimum atomic E-state index is -3.77. The lowest BCUT2D eigenvalue weighted by atomic mass is 9.94. The predicted octanol–water partition coefficient (Wildman–Crippen LogP) is 4.40. The topological polar surface area (TPSA) is 286 Å². The van der Waals surface area contributed by atoms with Crippen molar-refractivity contribution in [1.29, 1.82) is 10.8 Å². The molecule has 4 aromatic rings. The van der Waals surface area contributed by atoms with Crippen molar-refractivity contribution in [1.82, 2.24) is 18.6 Å². The maximum Gasteiger partial charge on any atom is 0.274 e. The molecule has 61 heavy (non-hydrogen) atoms. The van der Waals surface area contributed by atoms with E-state index in [1.54, 1.807) is 54.6 Å². The summed E-state index contributed by atoms with van der Waals surface area (Å²) in [6.07, 6.45) is 3.79. The van der Waals surface area contributed by atoms with Gasteiger partial charge >= 0.3 is 0 Å². The average Bonchev–Trinajstić information content (AvgIpc) is 3.24. The van der Waals surface area contributed by atoms with Crippen LogP contribution in [0, 0.1) is 10.8 Å². The molecule has 19 nitrogen and oxygen atoms in total. The van der Waals surface area contributed by atoms with Crippen LogP contribution in [0.3, 0.4) is 0 Å². The van der Waals surface area contributed by atoms with E-state index in [1.807, 2.05) is 13.8 Å². The van der Waals surface area contributed by atoms with Crippen molar-refractivity contribution in [2.75, 3.05) is 56.6 Å². The number of nitrogens with zero attached hydrogens (tertiary/aromatic N) is 4. The first-order valence-corrected chi connectivity index (χ1v) is 22.4. The molecule has 0 saturated carbocycles. The SMILES string of the molecule is CC.CN(C(=N)N)S(=O)(=O)CC1CCOc2ccc(NC(=O)c3ccc(Cl)cn3)cc21.COc1ccc(C(=O)Nc2ccc3c(c2)C(CS(=O)(=O)N(C)C(=N)N)CCO3)nc1. The monoisotopic (exact) mass is 900 g/mol. The van der Waals surface area contributed by atoms with Crippen molar-refractivity contribution in [3.8, 4) is 17.2 Å². The molecule has 22 heteroatoms. The molecule has 2 amide bonds. The number of pyridine rings is 2. The van der Waals surface area contributed by atoms with Crippen molar-refractivity contribution in [2.45, 2.75) is 38.5 Å². The fourth-order valence-electron chi connectivity index (χ4n) is 6.00. The molecule has 0 fully saturated rings. The zero-order valence-corrected chi connectivity index (χ0v) is 36.5. The van der Waals surface area contributed by atoms with Crippen molar-refractivity contribution >= 4 is 66.8 Å². The number of hydrogen-bond donors (Lipinski definition) is 6. The first-order valence-electron chi connectivity index (χ1n) is 18.8. The van der Waals surface area contributed by atoms with Gasteiger partial charge in [-0.3, -0.25) is 20.4 Å². The molecule has 0 aliphatic carbocycles. The predicted molar refractivity (Wildman–Crippen MR) is 233 cm³/mol. The van der Waals surface area contributed by atoms with E-state index in [0.29, 0.717) is 70.8 Å². The van der Waals surface area contributed by atoms with Gasteiger partial charge in [-0.05, 0) is 73.5 Å². The highest BCUT2D eigenvalue weighted by Gasteiger charge is 2.32. The lowest BCUT2D eigenvalue weighted by molar-refractivity contribution is 0.101. The number of sulfonamides is 2. The van der Waals surface area contributed by atoms with Gasteiger partial charge in [0.1, 0.15) is 28.6 Å². The number of methoxy groups -OCH3 is 1. The van der Waals surface area contributed by atoms with E-state index < -0.39 is 43.8 Å². The number of halogens is 1. The smallest absolute Gasteiger partial charge is 0.274 e. The molecule has 2 aromatic heterocycles. The molecule has 2 aliphatic rings. The van der Waals surface area contributed by atoms with E-state index >= 15 is 0 Å². The number of amides is 2. The molecule has 0 radical (unpaired) electrons. The van der Waals surface area contributed by atoms with Crippen LogP contribution in [0.1, 0.15) is 70.6 Å². The van der Waals surface area contributed by atoms with Gasteiger partial charge in [-0.2, -0.15) is 0 Å². The number of benzene rings is 2. The number of nitrogens with two attached hydrogens (primary N) is 2. The van der Waals surface area contributed by atoms with Gasteiger partial charge in [0, 0.05) is 54.6 Å². The number of nitrogens with one attached hydrogen (secondary N) is 4. The molecule has 0 saturated heterocycles. The minimum Gasteiger partial charge on any atom is -0.495 e. The lowest BCUT2D eigenvalue weighted by Crippen LogP contribution is -2.40. The molecule has 0 bridgehead atoms. The van der Waals surface area contributed by atoms with Crippen LogP contribution >= 0.6 is 11.6 Å². The van der Waals surface area contributed by atoms with E-state index in [4.69, 9.17) is 48.1 Å². The Labute approximate surface area is 359 Å². The normalized spacial score (nSPS) is 15.2. The van der Waals surface area contributed by atoms with Gasteiger partial charge in [-0.15, -0.1) is 0 Å². The third-order valence-electron chi connectivity index (χ3n) is 9.36. The maximum absolute atomic E-state index is 12.5. The van der Waals surface area contributed by atoms with Gasteiger partial charge in [0.05, 0.1) is 43.0 Å². The van der Waals surface area contributed by atoms with Gasteiger partial charge in [0.15, 0.2) is 0 Å². The number of carbonyl (C=O) groups is 2. The van der Waals surface area contributed by atoms with Crippen LogP contribution in [0.5, 0.6) is 17.2 Å². The highest BCUT2D eigenvalue weighted by atomic mass is 35.5. The van der Waals surface area contributed by atoms with Crippen LogP contribution in [0.15, 0.2) is 73.1 Å². The molecule has 2 aliphatic heterocycles. The standard InChI is InChI=1S/C19H23N5O5S.C18H20ClN5O4S.C2H6/c1-24(19(20)21)30(26,27)11-12-7-8-29-17-6-3-13(9-15(12)17)23-18(25)16-5-4-14(28-2)10-22-16;1-24(18(20)21)29(26,27)10-11-6-7-28-16-5-3-13(8-14(11)16)23-17(25)15-4-2-12(19)9-22-15;1-2/h3-6,9-10,12H,7-8,11H2,1-2H3,(H3,20,21)(H,23,25);2-5,8-9,11H,6-7,10H2,1H3,(H3,20,21)(H,23,25);1-2H3. The van der Waals surface area contributed by atoms with Crippen molar-refractivity contribution in [2.24, 2.45) is 11.5 Å². The summed E-state index contributed by atoms with van der Waals surface area (Å²) < 4.78 is 67.8. The van der Waals surface area contributed by atoms with E-state index in [2.05, 4.69) is 20.6 Å². The van der Waals surface area contributed by atoms with Crippen molar-refractivity contribution < 1.29 is 40.6 Å². The Hall–Kier alpha value is -6.19. The second-order valence-corrected chi connectivity index (χ2v) is 17.8. The highest BCUT2D eigenvalue weighted by molar-refractivity contribution is 7.89. The Morgan fingerprint density at radius 1 is 0.754 bits per heavy atom. The lowest BCUT2D eigenvalue weighted by Gasteiger charge is -2.28.